The van der Waals surface area contributed by atoms with Crippen LogP contribution >= 0.6 is 11.3 Å². The molecule has 2 atom stereocenters. The van der Waals surface area contributed by atoms with Crippen molar-refractivity contribution in [3.05, 3.63) is 57.8 Å². The minimum absolute atomic E-state index is 0.106. The molecule has 1 amide bonds. The molecular weight excluding hydrogens is 280 g/mol. The lowest BCUT2D eigenvalue weighted by Crippen LogP contribution is -3.12. The molecule has 2 N–H and O–H groups in total. The largest absolute Gasteiger partial charge is 0.344 e. The maximum Gasteiger partial charge on any atom is 0.275 e. The number of carbonyl (C=O) groups is 1. The lowest BCUT2D eigenvalue weighted by molar-refractivity contribution is -0.908. The van der Waals surface area contributed by atoms with Crippen LogP contribution in [-0.4, -0.2) is 19.0 Å². The Labute approximate surface area is 129 Å². The summed E-state index contributed by atoms with van der Waals surface area (Å²) in [6.07, 6.45) is 1.07. The molecule has 0 bridgehead atoms. The maximum atomic E-state index is 12.2. The van der Waals surface area contributed by atoms with Gasteiger partial charge in [-0.2, -0.15) is 0 Å². The fourth-order valence-corrected chi connectivity index (χ4v) is 3.66. The number of thiophene rings is 1. The molecule has 1 aromatic heterocycles. The van der Waals surface area contributed by atoms with E-state index in [2.05, 4.69) is 35.6 Å². The van der Waals surface area contributed by atoms with Gasteiger partial charge in [-0.25, -0.2) is 0 Å². The second-order valence-corrected chi connectivity index (χ2v) is 6.66. The summed E-state index contributed by atoms with van der Waals surface area (Å²) in [7, 11) is 0. The van der Waals surface area contributed by atoms with E-state index in [1.807, 2.05) is 18.4 Å². The molecule has 3 rings (SSSR count). The van der Waals surface area contributed by atoms with Gasteiger partial charge in [0.15, 0.2) is 6.54 Å². The summed E-state index contributed by atoms with van der Waals surface area (Å²) in [5, 5.41) is 5.15. The molecule has 0 spiro atoms. The summed E-state index contributed by atoms with van der Waals surface area (Å²) in [6.45, 7) is 4.60. The van der Waals surface area contributed by atoms with Crippen LogP contribution in [0.2, 0.25) is 0 Å². The molecule has 1 aromatic carbocycles. The normalized spacial score (nSPS) is 18.8. The van der Waals surface area contributed by atoms with Crippen molar-refractivity contribution in [3.8, 4) is 0 Å². The van der Waals surface area contributed by atoms with E-state index >= 15 is 0 Å². The first-order chi connectivity index (χ1) is 10.2. The average molecular weight is 301 g/mol. The Bertz CT molecular complexity index is 609. The molecule has 0 saturated carbocycles. The van der Waals surface area contributed by atoms with Gasteiger partial charge < -0.3 is 10.2 Å². The van der Waals surface area contributed by atoms with E-state index in [1.54, 1.807) is 11.3 Å². The van der Waals surface area contributed by atoms with Gasteiger partial charge in [0, 0.05) is 16.9 Å². The van der Waals surface area contributed by atoms with E-state index in [1.165, 1.54) is 20.9 Å². The van der Waals surface area contributed by atoms with Crippen molar-refractivity contribution in [2.45, 2.75) is 25.9 Å². The summed E-state index contributed by atoms with van der Waals surface area (Å²) in [5.74, 6) is 0.144. The number of rotatable bonds is 4. The lowest BCUT2D eigenvalue weighted by Gasteiger charge is -2.25. The summed E-state index contributed by atoms with van der Waals surface area (Å²) in [4.78, 5) is 14.8. The molecule has 2 heterocycles. The van der Waals surface area contributed by atoms with Crippen LogP contribution in [0.15, 0.2) is 41.8 Å². The third-order valence-corrected chi connectivity index (χ3v) is 5.12. The first kappa shape index (κ1) is 14.3. The molecule has 1 aliphatic rings. The van der Waals surface area contributed by atoms with Gasteiger partial charge in [-0.15, -0.1) is 11.3 Å². The zero-order valence-electron chi connectivity index (χ0n) is 12.3. The summed E-state index contributed by atoms with van der Waals surface area (Å²) in [6, 6.07) is 12.8. The summed E-state index contributed by atoms with van der Waals surface area (Å²) >= 11 is 1.69. The number of benzene rings is 1. The van der Waals surface area contributed by atoms with E-state index in [4.69, 9.17) is 0 Å². The topological polar surface area (TPSA) is 33.5 Å². The molecule has 1 aliphatic heterocycles. The standard InChI is InChI=1S/C17H20N2OS/c1-13(16-7-4-10-21-16)18-17(20)12-19-9-8-14-5-2-3-6-15(14)11-19/h2-7,10,13H,8-9,11-12H2,1H3,(H,18,20)/p+1/t13-/m1/s1. The van der Waals surface area contributed by atoms with E-state index < -0.39 is 0 Å². The van der Waals surface area contributed by atoms with Crippen LogP contribution in [0.25, 0.3) is 0 Å². The molecule has 0 radical (unpaired) electrons. The van der Waals surface area contributed by atoms with Crippen molar-refractivity contribution in [1.82, 2.24) is 5.32 Å². The van der Waals surface area contributed by atoms with Gasteiger partial charge in [-0.1, -0.05) is 30.3 Å². The first-order valence-electron chi connectivity index (χ1n) is 7.45. The molecule has 4 heteroatoms. The fourth-order valence-electron chi connectivity index (χ4n) is 2.92. The monoisotopic (exact) mass is 301 g/mol. The SMILES string of the molecule is C[C@@H](NC(=O)C[NH+]1CCc2ccccc2C1)c1cccs1. The fraction of sp³-hybridized carbons (Fsp3) is 0.353. The van der Waals surface area contributed by atoms with Crippen molar-refractivity contribution in [3.63, 3.8) is 0 Å². The Balaban J connectivity index is 1.54. The highest BCUT2D eigenvalue weighted by atomic mass is 32.1. The van der Waals surface area contributed by atoms with Crippen LogP contribution in [0.5, 0.6) is 0 Å². The van der Waals surface area contributed by atoms with Crippen molar-refractivity contribution < 1.29 is 9.69 Å². The number of nitrogens with one attached hydrogen (secondary N) is 2. The van der Waals surface area contributed by atoms with Crippen LogP contribution in [0.4, 0.5) is 0 Å². The Morgan fingerprint density at radius 2 is 2.10 bits per heavy atom. The van der Waals surface area contributed by atoms with E-state index in [0.717, 1.165) is 19.5 Å². The highest BCUT2D eigenvalue weighted by molar-refractivity contribution is 7.10. The predicted octanol–water partition coefficient (Wildman–Crippen LogP) is 1.57. The molecule has 1 unspecified atom stereocenters. The summed E-state index contributed by atoms with van der Waals surface area (Å²) in [5.41, 5.74) is 2.83. The Morgan fingerprint density at radius 3 is 2.86 bits per heavy atom. The number of fused-ring (bicyclic) bond motifs is 1. The average Bonchev–Trinajstić information content (AvgIpc) is 3.01. The quantitative estimate of drug-likeness (QED) is 0.883. The van der Waals surface area contributed by atoms with Gasteiger partial charge in [0.25, 0.3) is 5.91 Å². The zero-order chi connectivity index (χ0) is 14.7. The second-order valence-electron chi connectivity index (χ2n) is 5.68. The van der Waals surface area contributed by atoms with Gasteiger partial charge in [0.1, 0.15) is 6.54 Å². The van der Waals surface area contributed by atoms with Crippen molar-refractivity contribution in [1.29, 1.82) is 0 Å². The van der Waals surface area contributed by atoms with Crippen molar-refractivity contribution in [2.75, 3.05) is 13.1 Å². The molecule has 21 heavy (non-hydrogen) atoms. The number of hydrogen-bond donors (Lipinski definition) is 2. The van der Waals surface area contributed by atoms with Crippen molar-refractivity contribution in [2.24, 2.45) is 0 Å². The molecular formula is C17H21N2OS+. The van der Waals surface area contributed by atoms with Gasteiger partial charge in [0.2, 0.25) is 0 Å². The van der Waals surface area contributed by atoms with Gasteiger partial charge in [0.05, 0.1) is 12.6 Å². The number of carbonyl (C=O) groups excluding carboxylic acids is 1. The Hall–Kier alpha value is -1.65. The third-order valence-electron chi connectivity index (χ3n) is 4.06. The van der Waals surface area contributed by atoms with Crippen LogP contribution in [0.3, 0.4) is 0 Å². The molecule has 0 saturated heterocycles. The zero-order valence-corrected chi connectivity index (χ0v) is 13.1. The highest BCUT2D eigenvalue weighted by Crippen LogP contribution is 2.17. The smallest absolute Gasteiger partial charge is 0.275 e. The van der Waals surface area contributed by atoms with E-state index in [-0.39, 0.29) is 11.9 Å². The van der Waals surface area contributed by atoms with E-state index in [0.29, 0.717) is 6.54 Å². The highest BCUT2D eigenvalue weighted by Gasteiger charge is 2.22. The van der Waals surface area contributed by atoms with Gasteiger partial charge >= 0.3 is 0 Å². The predicted molar refractivity (Wildman–Crippen MR) is 85.4 cm³/mol. The maximum absolute atomic E-state index is 12.2. The van der Waals surface area contributed by atoms with Crippen LogP contribution in [-0.2, 0) is 17.8 Å². The Kier molecular flexibility index (Phi) is 4.36. The van der Waals surface area contributed by atoms with E-state index in [9.17, 15) is 4.79 Å². The number of amides is 1. The lowest BCUT2D eigenvalue weighted by atomic mass is 10.00. The second kappa shape index (κ2) is 6.41. The van der Waals surface area contributed by atoms with Crippen LogP contribution in [0, 0.1) is 0 Å². The van der Waals surface area contributed by atoms with Gasteiger partial charge in [-0.05, 0) is 23.9 Å². The molecule has 2 aromatic rings. The number of hydrogen-bond acceptors (Lipinski definition) is 2. The number of quaternary nitrogens is 1. The minimum Gasteiger partial charge on any atom is -0.344 e. The molecule has 3 nitrogen and oxygen atoms in total. The summed E-state index contributed by atoms with van der Waals surface area (Å²) < 4.78 is 0. The first-order valence-corrected chi connectivity index (χ1v) is 8.33. The molecule has 110 valence electrons. The van der Waals surface area contributed by atoms with Crippen molar-refractivity contribution >= 4 is 17.2 Å². The molecule has 0 fully saturated rings. The Morgan fingerprint density at radius 1 is 1.29 bits per heavy atom. The minimum atomic E-state index is 0.106. The van der Waals surface area contributed by atoms with Gasteiger partial charge in [-0.3, -0.25) is 4.79 Å². The molecule has 0 aliphatic carbocycles. The third kappa shape index (κ3) is 3.52. The van der Waals surface area contributed by atoms with Crippen LogP contribution < -0.4 is 10.2 Å². The van der Waals surface area contributed by atoms with Crippen LogP contribution in [0.1, 0.15) is 29.0 Å².